The normalized spacial score (nSPS) is 10.0. The first-order chi connectivity index (χ1) is 7.29. The summed E-state index contributed by atoms with van der Waals surface area (Å²) in [6.07, 6.45) is 3.11. The molecule has 0 radical (unpaired) electrons. The molecule has 0 saturated heterocycles. The van der Waals surface area contributed by atoms with Crippen molar-refractivity contribution in [2.75, 3.05) is 7.11 Å². The van der Waals surface area contributed by atoms with E-state index in [0.717, 1.165) is 0 Å². The van der Waals surface area contributed by atoms with Crippen molar-refractivity contribution in [1.82, 2.24) is 30.4 Å². The molecule has 0 aliphatic heterocycles. The predicted molar refractivity (Wildman–Crippen MR) is 49.9 cm³/mol. The van der Waals surface area contributed by atoms with E-state index in [9.17, 15) is 0 Å². The van der Waals surface area contributed by atoms with Gasteiger partial charge in [-0.25, -0.2) is 9.97 Å². The van der Waals surface area contributed by atoms with E-state index in [0.29, 0.717) is 23.2 Å². The zero-order valence-corrected chi connectivity index (χ0v) is 8.25. The van der Waals surface area contributed by atoms with Gasteiger partial charge in [0.15, 0.2) is 5.82 Å². The van der Waals surface area contributed by atoms with E-state index >= 15 is 0 Å². The van der Waals surface area contributed by atoms with Gasteiger partial charge in [-0.1, -0.05) is 0 Å². The maximum Gasteiger partial charge on any atom is 0.316 e. The van der Waals surface area contributed by atoms with E-state index in [2.05, 4.69) is 30.4 Å². The van der Waals surface area contributed by atoms with E-state index in [1.54, 1.807) is 19.3 Å². The molecule has 0 aromatic carbocycles. The second-order valence-electron chi connectivity index (χ2n) is 2.73. The van der Waals surface area contributed by atoms with Crippen LogP contribution in [0.5, 0.6) is 6.01 Å². The molecule has 0 aliphatic rings. The number of methoxy groups -OCH3 is 1. The summed E-state index contributed by atoms with van der Waals surface area (Å²) in [7, 11) is 1.50. The van der Waals surface area contributed by atoms with E-state index < -0.39 is 0 Å². The van der Waals surface area contributed by atoms with Gasteiger partial charge in [-0.2, -0.15) is 0 Å². The molecule has 2 heterocycles. The standard InChI is InChI=1S/C8H8N6O/c1-5-11-13-7(14-12-5)6-3-9-8(15-2)10-4-6/h3-4H,1-2H3. The van der Waals surface area contributed by atoms with Gasteiger partial charge in [-0.15, -0.1) is 20.4 Å². The van der Waals surface area contributed by atoms with Gasteiger partial charge in [-0.05, 0) is 6.92 Å². The molecule has 7 nitrogen and oxygen atoms in total. The van der Waals surface area contributed by atoms with Gasteiger partial charge >= 0.3 is 6.01 Å². The fourth-order valence-electron chi connectivity index (χ4n) is 0.932. The molecule has 0 N–H and O–H groups in total. The van der Waals surface area contributed by atoms with Gasteiger partial charge in [0.25, 0.3) is 0 Å². The zero-order chi connectivity index (χ0) is 10.7. The molecule has 0 unspecified atom stereocenters. The Balaban J connectivity index is 2.33. The number of hydrogen-bond donors (Lipinski definition) is 0. The summed E-state index contributed by atoms with van der Waals surface area (Å²) in [6.45, 7) is 1.72. The van der Waals surface area contributed by atoms with Crippen LogP contribution in [0.3, 0.4) is 0 Å². The lowest BCUT2D eigenvalue weighted by Crippen LogP contribution is -1.99. The number of nitrogens with zero attached hydrogens (tertiary/aromatic N) is 6. The first kappa shape index (κ1) is 9.38. The minimum absolute atomic E-state index is 0.298. The summed E-state index contributed by atoms with van der Waals surface area (Å²) in [5.41, 5.74) is 0.649. The van der Waals surface area contributed by atoms with Crippen molar-refractivity contribution in [1.29, 1.82) is 0 Å². The lowest BCUT2D eigenvalue weighted by Gasteiger charge is -1.98. The summed E-state index contributed by atoms with van der Waals surface area (Å²) in [6, 6.07) is 0.298. The largest absolute Gasteiger partial charge is 0.467 e. The predicted octanol–water partition coefficient (Wildman–Crippen LogP) is 0.0406. The maximum atomic E-state index is 4.83. The number of ether oxygens (including phenoxy) is 1. The molecule has 0 aliphatic carbocycles. The number of rotatable bonds is 2. The fourth-order valence-corrected chi connectivity index (χ4v) is 0.932. The molecule has 15 heavy (non-hydrogen) atoms. The third kappa shape index (κ3) is 2.01. The van der Waals surface area contributed by atoms with E-state index in [1.165, 1.54) is 7.11 Å². The molecule has 0 fully saturated rings. The third-order valence-corrected chi connectivity index (χ3v) is 1.65. The second kappa shape index (κ2) is 3.91. The summed E-state index contributed by atoms with van der Waals surface area (Å²) < 4.78 is 4.83. The van der Waals surface area contributed by atoms with Crippen LogP contribution in [-0.4, -0.2) is 37.5 Å². The molecule has 2 rings (SSSR count). The minimum atomic E-state index is 0.298. The van der Waals surface area contributed by atoms with Crippen molar-refractivity contribution >= 4 is 0 Å². The molecular formula is C8H8N6O. The van der Waals surface area contributed by atoms with Crippen LogP contribution in [0.2, 0.25) is 0 Å². The maximum absolute atomic E-state index is 4.83. The van der Waals surface area contributed by atoms with Crippen molar-refractivity contribution in [3.63, 3.8) is 0 Å². The van der Waals surface area contributed by atoms with Gasteiger partial charge in [-0.3, -0.25) is 0 Å². The van der Waals surface area contributed by atoms with Crippen LogP contribution in [-0.2, 0) is 0 Å². The lowest BCUT2D eigenvalue weighted by molar-refractivity contribution is 0.380. The van der Waals surface area contributed by atoms with Gasteiger partial charge < -0.3 is 4.74 Å². The lowest BCUT2D eigenvalue weighted by atomic mass is 10.3. The van der Waals surface area contributed by atoms with E-state index in [4.69, 9.17) is 4.74 Å². The third-order valence-electron chi connectivity index (χ3n) is 1.65. The Bertz CT molecular complexity index is 440. The summed E-state index contributed by atoms with van der Waals surface area (Å²) >= 11 is 0. The molecule has 0 spiro atoms. The van der Waals surface area contributed by atoms with Crippen molar-refractivity contribution < 1.29 is 4.74 Å². The molecular weight excluding hydrogens is 196 g/mol. The Morgan fingerprint density at radius 2 is 1.60 bits per heavy atom. The van der Waals surface area contributed by atoms with Gasteiger partial charge in [0.2, 0.25) is 5.82 Å². The molecule has 0 atom stereocenters. The highest BCUT2D eigenvalue weighted by atomic mass is 16.5. The van der Waals surface area contributed by atoms with Crippen molar-refractivity contribution in [2.45, 2.75) is 6.92 Å². The van der Waals surface area contributed by atoms with Crippen LogP contribution in [0.1, 0.15) is 5.82 Å². The Hall–Kier alpha value is -2.18. The Morgan fingerprint density at radius 1 is 1.00 bits per heavy atom. The zero-order valence-electron chi connectivity index (χ0n) is 8.25. The number of aromatic nitrogens is 6. The quantitative estimate of drug-likeness (QED) is 0.682. The van der Waals surface area contributed by atoms with Crippen LogP contribution >= 0.6 is 0 Å². The molecule has 0 amide bonds. The summed E-state index contributed by atoms with van der Waals surface area (Å²) in [5, 5.41) is 15.3. The first-order valence-electron chi connectivity index (χ1n) is 4.20. The monoisotopic (exact) mass is 204 g/mol. The average Bonchev–Trinajstić information content (AvgIpc) is 2.30. The minimum Gasteiger partial charge on any atom is -0.467 e. The van der Waals surface area contributed by atoms with Crippen LogP contribution in [0.4, 0.5) is 0 Å². The molecule has 2 aromatic heterocycles. The van der Waals surface area contributed by atoms with E-state index in [-0.39, 0.29) is 0 Å². The first-order valence-corrected chi connectivity index (χ1v) is 4.20. The van der Waals surface area contributed by atoms with E-state index in [1.807, 2.05) is 0 Å². The summed E-state index contributed by atoms with van der Waals surface area (Å²) in [4.78, 5) is 7.85. The van der Waals surface area contributed by atoms with Crippen molar-refractivity contribution in [2.24, 2.45) is 0 Å². The van der Waals surface area contributed by atoms with Crippen molar-refractivity contribution in [3.8, 4) is 17.4 Å². The second-order valence-corrected chi connectivity index (χ2v) is 2.73. The highest BCUT2D eigenvalue weighted by Crippen LogP contribution is 2.11. The average molecular weight is 204 g/mol. The topological polar surface area (TPSA) is 86.6 Å². The number of hydrogen-bond acceptors (Lipinski definition) is 7. The van der Waals surface area contributed by atoms with Crippen LogP contribution in [0, 0.1) is 6.92 Å². The molecule has 7 heteroatoms. The van der Waals surface area contributed by atoms with Gasteiger partial charge in [0, 0.05) is 12.4 Å². The van der Waals surface area contributed by atoms with Gasteiger partial charge in [0.05, 0.1) is 12.7 Å². The molecule has 76 valence electrons. The smallest absolute Gasteiger partial charge is 0.316 e. The van der Waals surface area contributed by atoms with Crippen LogP contribution < -0.4 is 4.74 Å². The summed E-state index contributed by atoms with van der Waals surface area (Å²) in [5.74, 6) is 0.913. The van der Waals surface area contributed by atoms with Crippen molar-refractivity contribution in [3.05, 3.63) is 18.2 Å². The molecule has 0 bridgehead atoms. The molecule has 2 aromatic rings. The van der Waals surface area contributed by atoms with Crippen LogP contribution in [0.25, 0.3) is 11.4 Å². The molecule has 0 saturated carbocycles. The highest BCUT2D eigenvalue weighted by molar-refractivity contribution is 5.50. The highest BCUT2D eigenvalue weighted by Gasteiger charge is 2.04. The van der Waals surface area contributed by atoms with Gasteiger partial charge in [0.1, 0.15) is 0 Å². The fraction of sp³-hybridized carbons (Fsp3) is 0.250. The Kier molecular flexibility index (Phi) is 2.44. The Labute approximate surface area is 85.6 Å². The SMILES string of the molecule is COc1ncc(-c2nnc(C)nn2)cn1. The number of aryl methyl sites for hydroxylation is 1. The van der Waals surface area contributed by atoms with Crippen LogP contribution in [0.15, 0.2) is 12.4 Å². The Morgan fingerprint density at radius 3 is 2.13 bits per heavy atom.